The summed E-state index contributed by atoms with van der Waals surface area (Å²) in [6.07, 6.45) is 2.63. The van der Waals surface area contributed by atoms with E-state index >= 15 is 0 Å². The van der Waals surface area contributed by atoms with Crippen LogP contribution in [0.3, 0.4) is 0 Å². The minimum Gasteiger partial charge on any atom is -0.493 e. The quantitative estimate of drug-likeness (QED) is 0.388. The van der Waals surface area contributed by atoms with Gasteiger partial charge < -0.3 is 18.9 Å². The van der Waals surface area contributed by atoms with Crippen molar-refractivity contribution in [2.75, 3.05) is 26.4 Å². The van der Waals surface area contributed by atoms with Crippen molar-refractivity contribution in [1.82, 2.24) is 0 Å². The Kier molecular flexibility index (Phi) is 10.0. The first-order chi connectivity index (χ1) is 13.7. The molecule has 0 atom stereocenters. The van der Waals surface area contributed by atoms with Gasteiger partial charge in [-0.05, 0) is 30.7 Å². The number of hydrogen-bond acceptors (Lipinski definition) is 6. The van der Waals surface area contributed by atoms with Crippen LogP contribution in [-0.4, -0.2) is 38.4 Å². The fraction of sp³-hybridized carbons (Fsp3) is 0.318. The van der Waals surface area contributed by atoms with E-state index in [1.54, 1.807) is 6.42 Å². The third-order valence-electron chi connectivity index (χ3n) is 3.58. The third-order valence-corrected chi connectivity index (χ3v) is 3.58. The second kappa shape index (κ2) is 13.2. The molecule has 0 heterocycles. The van der Waals surface area contributed by atoms with Crippen LogP contribution >= 0.6 is 0 Å². The van der Waals surface area contributed by atoms with Crippen LogP contribution in [-0.2, 0) is 19.1 Å². The van der Waals surface area contributed by atoms with Crippen LogP contribution in [0.5, 0.6) is 11.5 Å². The molecule has 0 aromatic heterocycles. The molecule has 2 rings (SSSR count). The summed E-state index contributed by atoms with van der Waals surface area (Å²) in [5.41, 5.74) is 0. The Bertz CT molecular complexity index is 625. The van der Waals surface area contributed by atoms with E-state index in [1.165, 1.54) is 0 Å². The van der Waals surface area contributed by atoms with Gasteiger partial charge in [-0.25, -0.2) is 0 Å². The lowest BCUT2D eigenvalue weighted by atomic mass is 10.3. The SMILES string of the molecule is O=C(CCOc1ccccc1)OC[CH]CCOC(=O)CCOc1ccccc1. The van der Waals surface area contributed by atoms with Gasteiger partial charge in [0.25, 0.3) is 0 Å². The molecule has 0 spiro atoms. The lowest BCUT2D eigenvalue weighted by Gasteiger charge is -2.08. The lowest BCUT2D eigenvalue weighted by Crippen LogP contribution is -2.13. The summed E-state index contributed by atoms with van der Waals surface area (Å²) in [4.78, 5) is 23.2. The summed E-state index contributed by atoms with van der Waals surface area (Å²) in [5.74, 6) is 0.791. The molecule has 0 saturated carbocycles. The Morgan fingerprint density at radius 3 is 1.71 bits per heavy atom. The van der Waals surface area contributed by atoms with E-state index in [0.29, 0.717) is 6.42 Å². The maximum absolute atomic E-state index is 11.6. The predicted molar refractivity (Wildman–Crippen MR) is 104 cm³/mol. The van der Waals surface area contributed by atoms with Crippen molar-refractivity contribution in [1.29, 1.82) is 0 Å². The molecule has 1 radical (unpaired) electrons. The first kappa shape index (κ1) is 21.3. The largest absolute Gasteiger partial charge is 0.493 e. The highest BCUT2D eigenvalue weighted by Gasteiger charge is 2.05. The zero-order chi connectivity index (χ0) is 19.9. The highest BCUT2D eigenvalue weighted by Crippen LogP contribution is 2.09. The topological polar surface area (TPSA) is 71.1 Å². The van der Waals surface area contributed by atoms with Crippen LogP contribution in [0.25, 0.3) is 0 Å². The Balaban J connectivity index is 1.40. The van der Waals surface area contributed by atoms with Crippen molar-refractivity contribution in [2.45, 2.75) is 19.3 Å². The monoisotopic (exact) mass is 385 g/mol. The molecule has 0 saturated heterocycles. The Morgan fingerprint density at radius 1 is 0.679 bits per heavy atom. The molecule has 149 valence electrons. The van der Waals surface area contributed by atoms with E-state index in [0.717, 1.165) is 11.5 Å². The van der Waals surface area contributed by atoms with Gasteiger partial charge in [0.05, 0.1) is 39.3 Å². The van der Waals surface area contributed by atoms with Gasteiger partial charge in [-0.3, -0.25) is 9.59 Å². The number of unbranched alkanes of at least 4 members (excludes halogenated alkanes) is 1. The zero-order valence-corrected chi connectivity index (χ0v) is 15.8. The third kappa shape index (κ3) is 9.62. The number of ether oxygens (including phenoxy) is 4. The van der Waals surface area contributed by atoms with Crippen LogP contribution in [0.2, 0.25) is 0 Å². The smallest absolute Gasteiger partial charge is 0.309 e. The molecule has 0 N–H and O–H groups in total. The summed E-state index contributed by atoms with van der Waals surface area (Å²) in [6, 6.07) is 18.6. The molecule has 6 heteroatoms. The van der Waals surface area contributed by atoms with Crippen molar-refractivity contribution >= 4 is 11.9 Å². The van der Waals surface area contributed by atoms with Crippen molar-refractivity contribution in [3.8, 4) is 11.5 Å². The zero-order valence-electron chi connectivity index (χ0n) is 15.8. The Hall–Kier alpha value is -3.02. The van der Waals surface area contributed by atoms with Crippen LogP contribution < -0.4 is 9.47 Å². The average Bonchev–Trinajstić information content (AvgIpc) is 2.72. The first-order valence-electron chi connectivity index (χ1n) is 9.22. The number of esters is 2. The Labute approximate surface area is 165 Å². The van der Waals surface area contributed by atoms with Crippen LogP contribution in [0.15, 0.2) is 60.7 Å². The molecule has 0 aliphatic carbocycles. The molecule has 0 fully saturated rings. The molecule has 6 nitrogen and oxygen atoms in total. The van der Waals surface area contributed by atoms with E-state index in [4.69, 9.17) is 18.9 Å². The van der Waals surface area contributed by atoms with Gasteiger partial charge in [0.1, 0.15) is 11.5 Å². The highest BCUT2D eigenvalue weighted by atomic mass is 16.5. The maximum Gasteiger partial charge on any atom is 0.309 e. The van der Waals surface area contributed by atoms with E-state index in [1.807, 2.05) is 60.7 Å². The van der Waals surface area contributed by atoms with Crippen LogP contribution in [0, 0.1) is 6.42 Å². The number of hydrogen-bond donors (Lipinski definition) is 0. The lowest BCUT2D eigenvalue weighted by molar-refractivity contribution is -0.145. The van der Waals surface area contributed by atoms with Gasteiger partial charge in [-0.1, -0.05) is 36.4 Å². The summed E-state index contributed by atoms with van der Waals surface area (Å²) >= 11 is 0. The van der Waals surface area contributed by atoms with E-state index in [-0.39, 0.29) is 51.2 Å². The predicted octanol–water partition coefficient (Wildman–Crippen LogP) is 3.61. The number of benzene rings is 2. The second-order valence-electron chi connectivity index (χ2n) is 5.80. The van der Waals surface area contributed by atoms with Gasteiger partial charge in [0.2, 0.25) is 0 Å². The van der Waals surface area contributed by atoms with E-state index < -0.39 is 0 Å². The molecule has 0 aliphatic rings. The van der Waals surface area contributed by atoms with Crippen molar-refractivity contribution in [2.24, 2.45) is 0 Å². The molecule has 2 aromatic rings. The van der Waals surface area contributed by atoms with Crippen LogP contribution in [0.1, 0.15) is 19.3 Å². The van der Waals surface area contributed by atoms with Crippen molar-refractivity contribution < 1.29 is 28.5 Å². The van der Waals surface area contributed by atoms with E-state index in [2.05, 4.69) is 0 Å². The average molecular weight is 385 g/mol. The molecule has 0 bridgehead atoms. The summed E-state index contributed by atoms with van der Waals surface area (Å²) < 4.78 is 21.0. The van der Waals surface area contributed by atoms with Crippen molar-refractivity contribution in [3.05, 3.63) is 67.1 Å². The second-order valence-corrected chi connectivity index (χ2v) is 5.80. The van der Waals surface area contributed by atoms with Gasteiger partial charge in [0, 0.05) is 6.42 Å². The summed E-state index contributed by atoms with van der Waals surface area (Å²) in [6.45, 7) is 0.971. The van der Waals surface area contributed by atoms with Crippen LogP contribution in [0.4, 0.5) is 0 Å². The normalized spacial score (nSPS) is 10.1. The molecule has 28 heavy (non-hydrogen) atoms. The highest BCUT2D eigenvalue weighted by molar-refractivity contribution is 5.69. The minimum atomic E-state index is -0.331. The molecule has 0 aliphatic heterocycles. The molecular weight excluding hydrogens is 360 g/mol. The standard InChI is InChI=1S/C22H25O6/c23-21(13-17-25-19-9-3-1-4-10-19)27-15-7-8-16-28-22(24)14-18-26-20-11-5-2-6-12-20/h1-7,9-12H,8,13-18H2. The van der Waals surface area contributed by atoms with Gasteiger partial charge in [-0.15, -0.1) is 0 Å². The fourth-order valence-electron chi connectivity index (χ4n) is 2.17. The van der Waals surface area contributed by atoms with E-state index in [9.17, 15) is 9.59 Å². The molecule has 0 amide bonds. The minimum absolute atomic E-state index is 0.179. The van der Waals surface area contributed by atoms with Gasteiger partial charge in [0.15, 0.2) is 0 Å². The summed E-state index contributed by atoms with van der Waals surface area (Å²) in [7, 11) is 0. The Morgan fingerprint density at radius 2 is 1.18 bits per heavy atom. The van der Waals surface area contributed by atoms with Crippen molar-refractivity contribution in [3.63, 3.8) is 0 Å². The molecular formula is C22H25O6. The molecule has 0 unspecified atom stereocenters. The van der Waals surface area contributed by atoms with Gasteiger partial charge >= 0.3 is 11.9 Å². The maximum atomic E-state index is 11.6. The first-order valence-corrected chi connectivity index (χ1v) is 9.22. The number of para-hydroxylation sites is 2. The number of carbonyl (C=O) groups is 2. The molecule has 2 aromatic carbocycles. The number of rotatable bonds is 13. The number of carbonyl (C=O) groups excluding carboxylic acids is 2. The van der Waals surface area contributed by atoms with Gasteiger partial charge in [-0.2, -0.15) is 0 Å². The summed E-state index contributed by atoms with van der Waals surface area (Å²) in [5, 5.41) is 0. The fourth-order valence-corrected chi connectivity index (χ4v) is 2.17.